The summed E-state index contributed by atoms with van der Waals surface area (Å²) < 4.78 is 16.9. The molecule has 0 aliphatic carbocycles. The van der Waals surface area contributed by atoms with Crippen LogP contribution in [0.15, 0.2) is 24.3 Å². The molecule has 0 saturated heterocycles. The molecular weight excluding hydrogens is 201 g/mol. The molecule has 0 spiro atoms. The Hall–Kier alpha value is -1.75. The zero-order valence-corrected chi connectivity index (χ0v) is 8.07. The first-order valence-corrected chi connectivity index (χ1v) is 4.19. The first kappa shape index (κ1) is 11.3. The summed E-state index contributed by atoms with van der Waals surface area (Å²) in [5.74, 6) is -1.87. The second-order valence-electron chi connectivity index (χ2n) is 2.87. The van der Waals surface area contributed by atoms with Crippen molar-refractivity contribution in [3.05, 3.63) is 35.6 Å². The minimum absolute atomic E-state index is 0.175. The number of carbonyl (C=O) groups excluding carboxylic acids is 2. The first-order valence-electron chi connectivity index (χ1n) is 4.19. The summed E-state index contributed by atoms with van der Waals surface area (Å²) in [6.45, 7) is 0. The Kier molecular flexibility index (Phi) is 3.51. The molecule has 0 bridgehead atoms. The lowest BCUT2D eigenvalue weighted by atomic mass is 10.1. The summed E-state index contributed by atoms with van der Waals surface area (Å²) in [6, 6.07) is 3.41. The van der Waals surface area contributed by atoms with Crippen LogP contribution in [0.1, 0.15) is 10.4 Å². The van der Waals surface area contributed by atoms with Gasteiger partial charge in [-0.25, -0.2) is 9.18 Å². The van der Waals surface area contributed by atoms with Crippen LogP contribution in [0, 0.1) is 5.82 Å². The maximum absolute atomic E-state index is 12.5. The highest BCUT2D eigenvalue weighted by Crippen LogP contribution is 2.05. The molecule has 0 fully saturated rings. The number of benzene rings is 1. The molecule has 0 aliphatic rings. The van der Waals surface area contributed by atoms with E-state index in [1.807, 2.05) is 0 Å². The van der Waals surface area contributed by atoms with E-state index >= 15 is 0 Å². The van der Waals surface area contributed by atoms with Crippen molar-refractivity contribution in [1.29, 1.82) is 0 Å². The third-order valence-corrected chi connectivity index (χ3v) is 1.87. The second-order valence-corrected chi connectivity index (χ2v) is 2.87. The fraction of sp³-hybridized carbons (Fsp3) is 0.200. The number of rotatable bonds is 3. The lowest BCUT2D eigenvalue weighted by Gasteiger charge is -2.07. The number of ether oxygens (including phenoxy) is 1. The minimum Gasteiger partial charge on any atom is -0.468 e. The standard InChI is InChI=1S/C10H10FNO3/c1-15-10(14)8(12)9(13)6-2-4-7(11)5-3-6/h2-5,8H,12H2,1H3/t8-/m1/s1. The van der Waals surface area contributed by atoms with Crippen LogP contribution >= 0.6 is 0 Å². The van der Waals surface area contributed by atoms with Crippen molar-refractivity contribution in [1.82, 2.24) is 0 Å². The Morgan fingerprint density at radius 1 is 1.33 bits per heavy atom. The van der Waals surface area contributed by atoms with E-state index in [9.17, 15) is 14.0 Å². The topological polar surface area (TPSA) is 69.4 Å². The minimum atomic E-state index is -1.36. The van der Waals surface area contributed by atoms with E-state index in [1.54, 1.807) is 0 Å². The van der Waals surface area contributed by atoms with Gasteiger partial charge >= 0.3 is 5.97 Å². The molecular formula is C10H10FNO3. The van der Waals surface area contributed by atoms with Gasteiger partial charge in [0.05, 0.1) is 7.11 Å². The van der Waals surface area contributed by atoms with Gasteiger partial charge in [0.25, 0.3) is 0 Å². The maximum atomic E-state index is 12.5. The predicted octanol–water partition coefficient (Wildman–Crippen LogP) is 0.509. The quantitative estimate of drug-likeness (QED) is 0.449. The van der Waals surface area contributed by atoms with E-state index in [-0.39, 0.29) is 5.56 Å². The Morgan fingerprint density at radius 3 is 2.33 bits per heavy atom. The number of Topliss-reactive ketones (excluding diaryl/α,β-unsaturated/α-hetero) is 1. The van der Waals surface area contributed by atoms with E-state index in [0.717, 1.165) is 19.2 Å². The first-order chi connectivity index (χ1) is 7.06. The molecule has 1 rings (SSSR count). The second kappa shape index (κ2) is 4.65. The van der Waals surface area contributed by atoms with Crippen molar-refractivity contribution in [3.63, 3.8) is 0 Å². The van der Waals surface area contributed by atoms with Crippen molar-refractivity contribution >= 4 is 11.8 Å². The van der Waals surface area contributed by atoms with E-state index in [4.69, 9.17) is 5.73 Å². The molecule has 4 nitrogen and oxygen atoms in total. The van der Waals surface area contributed by atoms with Gasteiger partial charge in [0.2, 0.25) is 0 Å². The van der Waals surface area contributed by atoms with Crippen molar-refractivity contribution < 1.29 is 18.7 Å². The number of methoxy groups -OCH3 is 1. The summed E-state index contributed by atoms with van der Waals surface area (Å²) in [5.41, 5.74) is 5.50. The van der Waals surface area contributed by atoms with Crippen molar-refractivity contribution in [2.24, 2.45) is 5.73 Å². The van der Waals surface area contributed by atoms with Crippen LogP contribution in [0.3, 0.4) is 0 Å². The molecule has 0 unspecified atom stereocenters. The number of nitrogens with two attached hydrogens (primary N) is 1. The largest absolute Gasteiger partial charge is 0.468 e. The third kappa shape index (κ3) is 2.60. The Balaban J connectivity index is 2.85. The van der Waals surface area contributed by atoms with Crippen LogP contribution in [0.5, 0.6) is 0 Å². The average Bonchev–Trinajstić information content (AvgIpc) is 2.27. The molecule has 0 amide bonds. The fourth-order valence-electron chi connectivity index (χ4n) is 1.03. The number of hydrogen-bond acceptors (Lipinski definition) is 4. The monoisotopic (exact) mass is 211 g/mol. The highest BCUT2D eigenvalue weighted by molar-refractivity contribution is 6.11. The summed E-state index contributed by atoms with van der Waals surface area (Å²) >= 11 is 0. The molecule has 1 aromatic carbocycles. The molecule has 2 N–H and O–H groups in total. The number of hydrogen-bond donors (Lipinski definition) is 1. The van der Waals surface area contributed by atoms with Gasteiger partial charge in [-0.15, -0.1) is 0 Å². The van der Waals surface area contributed by atoms with Crippen molar-refractivity contribution in [2.75, 3.05) is 7.11 Å². The SMILES string of the molecule is COC(=O)[C@H](N)C(=O)c1ccc(F)cc1. The molecule has 0 heterocycles. The number of halogens is 1. The molecule has 0 aromatic heterocycles. The Morgan fingerprint density at radius 2 is 1.87 bits per heavy atom. The van der Waals surface area contributed by atoms with Gasteiger partial charge in [0, 0.05) is 5.56 Å². The number of esters is 1. The summed E-state index contributed by atoms with van der Waals surface area (Å²) in [4.78, 5) is 22.5. The highest BCUT2D eigenvalue weighted by Gasteiger charge is 2.23. The summed E-state index contributed by atoms with van der Waals surface area (Å²) in [6.07, 6.45) is 0. The molecule has 80 valence electrons. The fourth-order valence-corrected chi connectivity index (χ4v) is 1.03. The van der Waals surface area contributed by atoms with E-state index in [1.165, 1.54) is 12.1 Å². The smallest absolute Gasteiger partial charge is 0.330 e. The third-order valence-electron chi connectivity index (χ3n) is 1.87. The molecule has 1 aromatic rings. The van der Waals surface area contributed by atoms with Crippen LogP contribution in [-0.4, -0.2) is 24.9 Å². The van der Waals surface area contributed by atoms with Crippen LogP contribution in [0.25, 0.3) is 0 Å². The highest BCUT2D eigenvalue weighted by atomic mass is 19.1. The van der Waals surface area contributed by atoms with E-state index in [2.05, 4.69) is 4.74 Å². The summed E-state index contributed by atoms with van der Waals surface area (Å²) in [7, 11) is 1.14. The number of carbonyl (C=O) groups is 2. The van der Waals surface area contributed by atoms with E-state index in [0.29, 0.717) is 0 Å². The van der Waals surface area contributed by atoms with Gasteiger partial charge in [0.1, 0.15) is 5.82 Å². The molecule has 0 aliphatic heterocycles. The van der Waals surface area contributed by atoms with Gasteiger partial charge in [-0.2, -0.15) is 0 Å². The lowest BCUT2D eigenvalue weighted by molar-refractivity contribution is -0.140. The van der Waals surface area contributed by atoms with Crippen LogP contribution in [0.2, 0.25) is 0 Å². The van der Waals surface area contributed by atoms with Crippen LogP contribution in [0.4, 0.5) is 4.39 Å². The number of ketones is 1. The Bertz CT molecular complexity index is 375. The molecule has 0 radical (unpaired) electrons. The zero-order valence-electron chi connectivity index (χ0n) is 8.07. The Labute approximate surface area is 85.8 Å². The zero-order chi connectivity index (χ0) is 11.4. The van der Waals surface area contributed by atoms with Gasteiger partial charge in [0.15, 0.2) is 11.8 Å². The molecule has 15 heavy (non-hydrogen) atoms. The lowest BCUT2D eigenvalue weighted by Crippen LogP contribution is -2.39. The summed E-state index contributed by atoms with van der Waals surface area (Å²) in [5, 5.41) is 0. The molecule has 1 atom stereocenters. The molecule has 5 heteroatoms. The van der Waals surface area contributed by atoms with Gasteiger partial charge in [-0.05, 0) is 24.3 Å². The maximum Gasteiger partial charge on any atom is 0.330 e. The van der Waals surface area contributed by atoms with E-state index < -0.39 is 23.6 Å². The molecule has 0 saturated carbocycles. The van der Waals surface area contributed by atoms with Crippen LogP contribution in [-0.2, 0) is 9.53 Å². The predicted molar refractivity (Wildman–Crippen MR) is 50.7 cm³/mol. The normalized spacial score (nSPS) is 11.9. The van der Waals surface area contributed by atoms with Gasteiger partial charge in [-0.1, -0.05) is 0 Å². The van der Waals surface area contributed by atoms with Gasteiger partial charge in [-0.3, -0.25) is 4.79 Å². The van der Waals surface area contributed by atoms with Crippen LogP contribution < -0.4 is 5.73 Å². The van der Waals surface area contributed by atoms with Crippen molar-refractivity contribution in [3.8, 4) is 0 Å². The van der Waals surface area contributed by atoms with Crippen molar-refractivity contribution in [2.45, 2.75) is 6.04 Å². The average molecular weight is 211 g/mol. The van der Waals surface area contributed by atoms with Gasteiger partial charge < -0.3 is 10.5 Å².